The topological polar surface area (TPSA) is 163 Å². The van der Waals surface area contributed by atoms with E-state index in [9.17, 15) is 0 Å². The molecule has 0 spiro atoms. The Kier molecular flexibility index (Phi) is 15200. The third-order valence-corrected chi connectivity index (χ3v) is 0. The summed E-state index contributed by atoms with van der Waals surface area (Å²) in [7, 11) is 0. The molecule has 0 aromatic heterocycles. The Labute approximate surface area is 39.6 Å². The SMILES string of the molecule is O.O.O.O.O=CO. The summed E-state index contributed by atoms with van der Waals surface area (Å²) < 4.78 is 0. The molecule has 50 valence electrons. The molecule has 0 aromatic carbocycles. The number of carbonyl (C=O) groups is 1. The van der Waals surface area contributed by atoms with E-state index in [1.54, 1.807) is 0 Å². The minimum Gasteiger partial charge on any atom is -0.483 e. The molecule has 0 heterocycles. The molecule has 0 saturated heterocycles. The Bertz CT molecular complexity index is 11.7. The second kappa shape index (κ2) is 1030. The molecule has 0 aliphatic heterocycles. The normalized spacial score (nSPS) is 1.71. The van der Waals surface area contributed by atoms with Crippen LogP contribution in [0, 0.1) is 0 Å². The lowest BCUT2D eigenvalue weighted by molar-refractivity contribution is -0.122. The zero-order chi connectivity index (χ0) is 2.71. The highest BCUT2D eigenvalue weighted by atomic mass is 16.3. The maximum atomic E-state index is 8.36. The highest BCUT2D eigenvalue weighted by Gasteiger charge is 1.22. The summed E-state index contributed by atoms with van der Waals surface area (Å²) in [5, 5.41) is 6.89. The van der Waals surface area contributed by atoms with Gasteiger partial charge < -0.3 is 27.0 Å². The van der Waals surface area contributed by atoms with Crippen LogP contribution in [0.1, 0.15) is 0 Å². The molecular weight excluding hydrogens is 108 g/mol. The van der Waals surface area contributed by atoms with Gasteiger partial charge in [0.25, 0.3) is 6.47 Å². The molecule has 0 bridgehead atoms. The van der Waals surface area contributed by atoms with Crippen molar-refractivity contribution in [2.45, 2.75) is 0 Å². The van der Waals surface area contributed by atoms with Crippen LogP contribution < -0.4 is 0 Å². The molecule has 7 heavy (non-hydrogen) atoms. The maximum Gasteiger partial charge on any atom is 0.290 e. The first kappa shape index (κ1) is 104. The van der Waals surface area contributed by atoms with Gasteiger partial charge in [0.2, 0.25) is 0 Å². The van der Waals surface area contributed by atoms with E-state index in [0.29, 0.717) is 0 Å². The monoisotopic (exact) mass is 118 g/mol. The summed E-state index contributed by atoms with van der Waals surface area (Å²) >= 11 is 0. The quantitative estimate of drug-likeness (QED) is 0.325. The fraction of sp³-hybridized carbons (Fsp3) is 0. The van der Waals surface area contributed by atoms with Crippen molar-refractivity contribution in [3.63, 3.8) is 0 Å². The zero-order valence-electron chi connectivity index (χ0n) is 3.43. The molecule has 0 unspecified atom stereocenters. The van der Waals surface area contributed by atoms with E-state index in [0.717, 1.165) is 0 Å². The first-order valence-corrected chi connectivity index (χ1v) is 0.494. The van der Waals surface area contributed by atoms with Gasteiger partial charge in [0, 0.05) is 0 Å². The van der Waals surface area contributed by atoms with Gasteiger partial charge in [-0.15, -0.1) is 0 Å². The van der Waals surface area contributed by atoms with Crippen molar-refractivity contribution in [3.8, 4) is 0 Å². The number of rotatable bonds is 0. The van der Waals surface area contributed by atoms with Crippen LogP contribution in [0.4, 0.5) is 0 Å². The van der Waals surface area contributed by atoms with Gasteiger partial charge in [-0.25, -0.2) is 0 Å². The first-order chi connectivity index (χ1) is 1.41. The minimum atomic E-state index is -0.250. The van der Waals surface area contributed by atoms with Crippen molar-refractivity contribution in [2.75, 3.05) is 0 Å². The van der Waals surface area contributed by atoms with Gasteiger partial charge in [0.1, 0.15) is 0 Å². The van der Waals surface area contributed by atoms with E-state index in [1.807, 2.05) is 0 Å². The van der Waals surface area contributed by atoms with Crippen molar-refractivity contribution >= 4 is 6.47 Å². The van der Waals surface area contributed by atoms with Crippen LogP contribution >= 0.6 is 0 Å². The lowest BCUT2D eigenvalue weighted by Crippen LogP contribution is -1.49. The van der Waals surface area contributed by atoms with Crippen LogP contribution in [0.3, 0.4) is 0 Å². The lowest BCUT2D eigenvalue weighted by atomic mass is 11.7. The third-order valence-electron chi connectivity index (χ3n) is 0. The van der Waals surface area contributed by atoms with Crippen LogP contribution in [-0.4, -0.2) is 33.5 Å². The van der Waals surface area contributed by atoms with Crippen LogP contribution in [-0.2, 0) is 4.79 Å². The van der Waals surface area contributed by atoms with E-state index in [2.05, 4.69) is 0 Å². The second-order valence-corrected chi connectivity index (χ2v) is 0.105. The highest BCUT2D eigenvalue weighted by Crippen LogP contribution is 0.966. The van der Waals surface area contributed by atoms with Gasteiger partial charge in [-0.3, -0.25) is 4.79 Å². The minimum absolute atomic E-state index is 0. The van der Waals surface area contributed by atoms with E-state index < -0.39 is 0 Å². The van der Waals surface area contributed by atoms with E-state index in [-0.39, 0.29) is 28.4 Å². The molecule has 0 radical (unpaired) electrons. The summed E-state index contributed by atoms with van der Waals surface area (Å²) in [5.74, 6) is 0. The average molecular weight is 118 g/mol. The fourth-order valence-electron chi connectivity index (χ4n) is 0. The molecule has 0 aliphatic rings. The lowest BCUT2D eigenvalue weighted by Gasteiger charge is -1.34. The summed E-state index contributed by atoms with van der Waals surface area (Å²) in [5.41, 5.74) is 0. The van der Waals surface area contributed by atoms with Crippen molar-refractivity contribution in [1.29, 1.82) is 0 Å². The van der Waals surface area contributed by atoms with Crippen molar-refractivity contribution in [2.24, 2.45) is 0 Å². The van der Waals surface area contributed by atoms with Gasteiger partial charge in [0.05, 0.1) is 0 Å². The van der Waals surface area contributed by atoms with Gasteiger partial charge in [-0.05, 0) is 0 Å². The fourth-order valence-corrected chi connectivity index (χ4v) is 0. The standard InChI is InChI=1S/CH2O2.4H2O/c2-1-3;;;;/h1H,(H,2,3);4*1H2. The van der Waals surface area contributed by atoms with Crippen LogP contribution in [0.15, 0.2) is 0 Å². The first-order valence-electron chi connectivity index (χ1n) is 0.494. The van der Waals surface area contributed by atoms with Crippen molar-refractivity contribution in [1.82, 2.24) is 0 Å². The van der Waals surface area contributed by atoms with E-state index >= 15 is 0 Å². The van der Waals surface area contributed by atoms with Crippen LogP contribution in [0.25, 0.3) is 0 Å². The van der Waals surface area contributed by atoms with Crippen LogP contribution in [0.2, 0.25) is 0 Å². The summed E-state index contributed by atoms with van der Waals surface area (Å²) in [6.45, 7) is -0.250. The number of hydrogen-bond acceptors (Lipinski definition) is 1. The summed E-state index contributed by atoms with van der Waals surface area (Å²) in [6.07, 6.45) is 0. The highest BCUT2D eigenvalue weighted by molar-refractivity contribution is 5.32. The van der Waals surface area contributed by atoms with Gasteiger partial charge in [0.15, 0.2) is 0 Å². The van der Waals surface area contributed by atoms with Gasteiger partial charge >= 0.3 is 0 Å². The molecule has 0 atom stereocenters. The second-order valence-electron chi connectivity index (χ2n) is 0.105. The maximum absolute atomic E-state index is 8.36. The van der Waals surface area contributed by atoms with E-state index in [1.165, 1.54) is 0 Å². The number of carboxylic acid groups (broad SMARTS) is 1. The van der Waals surface area contributed by atoms with Crippen molar-refractivity contribution in [3.05, 3.63) is 0 Å². The smallest absolute Gasteiger partial charge is 0.290 e. The third kappa shape index (κ3) is 122. The molecule has 0 rings (SSSR count). The zero-order valence-corrected chi connectivity index (χ0v) is 3.43. The number of hydrogen-bond donors (Lipinski definition) is 1. The Morgan fingerprint density at radius 2 is 1.00 bits per heavy atom. The molecule has 0 amide bonds. The summed E-state index contributed by atoms with van der Waals surface area (Å²) in [4.78, 5) is 8.36. The van der Waals surface area contributed by atoms with Gasteiger partial charge in [-0.1, -0.05) is 0 Å². The predicted octanol–water partition coefficient (Wildman–Crippen LogP) is -3.60. The van der Waals surface area contributed by atoms with Crippen LogP contribution in [0.5, 0.6) is 0 Å². The predicted molar refractivity (Wildman–Crippen MR) is 23.1 cm³/mol. The Hall–Kier alpha value is -0.690. The summed E-state index contributed by atoms with van der Waals surface area (Å²) in [6, 6.07) is 0. The molecule has 0 saturated carbocycles. The molecular formula is CH10O6. The molecule has 9 N–H and O–H groups in total. The molecule has 0 aliphatic carbocycles. The Morgan fingerprint density at radius 3 is 1.00 bits per heavy atom. The van der Waals surface area contributed by atoms with Crippen molar-refractivity contribution < 1.29 is 31.8 Å². The molecule has 0 aromatic rings. The largest absolute Gasteiger partial charge is 0.483 e. The molecule has 6 heteroatoms. The van der Waals surface area contributed by atoms with E-state index in [4.69, 9.17) is 9.90 Å². The molecule has 6 nitrogen and oxygen atoms in total. The Morgan fingerprint density at radius 1 is 1.00 bits per heavy atom. The van der Waals surface area contributed by atoms with Gasteiger partial charge in [-0.2, -0.15) is 0 Å². The Balaban J connectivity index is -0.00000000333. The molecule has 0 fully saturated rings. The average Bonchev–Trinajstić information content (AvgIpc) is 0.918.